The van der Waals surface area contributed by atoms with E-state index in [1.807, 2.05) is 21.5 Å². The van der Waals surface area contributed by atoms with E-state index < -0.39 is 0 Å². The summed E-state index contributed by atoms with van der Waals surface area (Å²) in [4.78, 5) is 26.8. The van der Waals surface area contributed by atoms with Gasteiger partial charge in [-0.15, -0.1) is 0 Å². The van der Waals surface area contributed by atoms with Crippen LogP contribution in [-0.2, 0) is 32.2 Å². The number of aromatic nitrogens is 2. The average molecular weight is 810 g/mol. The third-order valence-corrected chi connectivity index (χ3v) is 17.4. The van der Waals surface area contributed by atoms with Crippen LogP contribution in [0.3, 0.4) is 0 Å². The molecule has 5 fully saturated rings. The molecule has 0 bridgehead atoms. The Balaban J connectivity index is 0.00000300. The Hall–Kier alpha value is -2.44. The SMILES string of the molecule is C=C(C)[C@@H]1CC[C@]2(COC(=O)C[n+]3ccc(C)cc3C)CC[C@]3(C)C(CCC4[C@@]5(C)CC[C@H](OC(=O)C[n+]6ccc(C)cc6C)C(C)(C)C5CC[C@]43C)C12.[Cl-].[Cl-]. The van der Waals surface area contributed by atoms with E-state index >= 15 is 0 Å². The Morgan fingerprint density at radius 3 is 1.93 bits per heavy atom. The van der Waals surface area contributed by atoms with Crippen LogP contribution in [0.1, 0.15) is 128 Å². The van der Waals surface area contributed by atoms with Crippen molar-refractivity contribution >= 4 is 11.9 Å². The number of pyridine rings is 2. The van der Waals surface area contributed by atoms with Gasteiger partial charge in [0.15, 0.2) is 23.8 Å². The van der Waals surface area contributed by atoms with Crippen LogP contribution < -0.4 is 33.9 Å². The van der Waals surface area contributed by atoms with E-state index in [2.05, 4.69) is 100 Å². The second-order valence-corrected chi connectivity index (χ2v) is 20.5. The zero-order valence-electron chi connectivity index (χ0n) is 36.1. The lowest BCUT2D eigenvalue weighted by atomic mass is 9.32. The maximum Gasteiger partial charge on any atom is 0.372 e. The molecular weight excluding hydrogens is 739 g/mol. The van der Waals surface area contributed by atoms with E-state index in [-0.39, 0.29) is 83.0 Å². The van der Waals surface area contributed by atoms with Gasteiger partial charge in [0.25, 0.3) is 0 Å². The van der Waals surface area contributed by atoms with Gasteiger partial charge in [-0.3, -0.25) is 0 Å². The van der Waals surface area contributed by atoms with Gasteiger partial charge in [0.2, 0.25) is 13.1 Å². The van der Waals surface area contributed by atoms with Gasteiger partial charge in [0.05, 0.1) is 6.61 Å². The Labute approximate surface area is 350 Å². The Kier molecular flexibility index (Phi) is 12.7. The maximum atomic E-state index is 13.4. The second-order valence-electron chi connectivity index (χ2n) is 20.5. The lowest BCUT2D eigenvalue weighted by Gasteiger charge is -2.73. The van der Waals surface area contributed by atoms with Gasteiger partial charge >= 0.3 is 11.9 Å². The summed E-state index contributed by atoms with van der Waals surface area (Å²) in [5.41, 5.74) is 6.46. The standard InChI is InChI=1S/C48H70N2O4.2ClH/c1-31(2)36-14-21-48(30-53-41(51)28-49-24-17-32(3)26-34(49)5)23-22-46(10)37(43(36)48)12-13-39-45(9)19-16-40(44(7,8)38(45)15-20-47(39,46)11)54-42(52)29-50-25-18-33(4)27-35(50)6;;/h17-18,24-27,36-40,43H,1,12-16,19-23,28-30H2,2-11H3;2*1H/q+2;;/p-2/t36-,37?,38?,39?,40-,43?,45-,46+,47+,48+;;/m0../s1. The number of allylic oxidation sites excluding steroid dienone is 1. The molecule has 6 nitrogen and oxygen atoms in total. The zero-order chi connectivity index (χ0) is 39.0. The number of hydrogen-bond acceptors (Lipinski definition) is 4. The molecular formula is C48H70Cl2N2O4. The summed E-state index contributed by atoms with van der Waals surface area (Å²) in [5, 5.41) is 0. The Morgan fingerprint density at radius 1 is 0.732 bits per heavy atom. The van der Waals surface area contributed by atoms with Crippen molar-refractivity contribution in [1.29, 1.82) is 0 Å². The van der Waals surface area contributed by atoms with Gasteiger partial charge in [0.1, 0.15) is 6.10 Å². The van der Waals surface area contributed by atoms with Crippen LogP contribution in [0, 0.1) is 84.4 Å². The molecule has 0 spiro atoms. The molecule has 0 aliphatic heterocycles. The van der Waals surface area contributed by atoms with E-state index in [0.29, 0.717) is 36.2 Å². The van der Waals surface area contributed by atoms with Gasteiger partial charge in [-0.1, -0.05) is 46.8 Å². The molecule has 4 unspecified atom stereocenters. The van der Waals surface area contributed by atoms with Crippen LogP contribution >= 0.6 is 0 Å². The number of rotatable bonds is 8. The van der Waals surface area contributed by atoms with Gasteiger partial charge < -0.3 is 34.3 Å². The highest BCUT2D eigenvalue weighted by molar-refractivity contribution is 5.68. The predicted octanol–water partition coefficient (Wildman–Crippen LogP) is 3.32. The van der Waals surface area contributed by atoms with Crippen LogP contribution in [0.25, 0.3) is 0 Å². The number of halogens is 2. The third kappa shape index (κ3) is 7.28. The molecule has 5 aliphatic rings. The lowest BCUT2D eigenvalue weighted by molar-refractivity contribution is -0.692. The molecule has 8 heteroatoms. The molecule has 7 rings (SSSR count). The molecule has 2 heterocycles. The summed E-state index contributed by atoms with van der Waals surface area (Å²) >= 11 is 0. The minimum Gasteiger partial charge on any atom is -1.00 e. The molecule has 2 aromatic rings. The molecule has 0 saturated heterocycles. The van der Waals surface area contributed by atoms with Crippen LogP contribution in [-0.4, -0.2) is 24.6 Å². The van der Waals surface area contributed by atoms with Crippen molar-refractivity contribution in [1.82, 2.24) is 0 Å². The molecule has 0 radical (unpaired) electrons. The normalized spacial score (nSPS) is 36.6. The fourth-order valence-electron chi connectivity index (χ4n) is 14.4. The molecule has 5 saturated carbocycles. The van der Waals surface area contributed by atoms with Crippen LogP contribution in [0.15, 0.2) is 48.8 Å². The first-order valence-electron chi connectivity index (χ1n) is 21.3. The predicted molar refractivity (Wildman–Crippen MR) is 212 cm³/mol. The topological polar surface area (TPSA) is 60.4 Å². The van der Waals surface area contributed by atoms with Gasteiger partial charge in [-0.25, -0.2) is 9.59 Å². The van der Waals surface area contributed by atoms with E-state index in [9.17, 15) is 9.59 Å². The van der Waals surface area contributed by atoms with Gasteiger partial charge in [-0.05, 0) is 142 Å². The third-order valence-electron chi connectivity index (χ3n) is 17.4. The smallest absolute Gasteiger partial charge is 0.372 e. The largest absolute Gasteiger partial charge is 1.00 e. The first kappa shape index (κ1) is 44.7. The van der Waals surface area contributed by atoms with Crippen molar-refractivity contribution in [2.45, 2.75) is 153 Å². The summed E-state index contributed by atoms with van der Waals surface area (Å²) < 4.78 is 16.8. The average Bonchev–Trinajstić information content (AvgIpc) is 3.48. The fraction of sp³-hybridized carbons (Fsp3) is 0.708. The van der Waals surface area contributed by atoms with Crippen molar-refractivity contribution < 1.29 is 53.0 Å². The van der Waals surface area contributed by atoms with E-state index in [1.165, 1.54) is 48.8 Å². The molecule has 0 amide bonds. The highest BCUT2D eigenvalue weighted by atomic mass is 35.5. The van der Waals surface area contributed by atoms with Crippen molar-refractivity contribution in [3.05, 3.63) is 71.3 Å². The number of carbonyl (C=O) groups excluding carboxylic acids is 2. The monoisotopic (exact) mass is 808 g/mol. The molecule has 0 aromatic carbocycles. The minimum atomic E-state index is -0.123. The van der Waals surface area contributed by atoms with E-state index in [0.717, 1.165) is 43.5 Å². The quantitative estimate of drug-likeness (QED) is 0.234. The van der Waals surface area contributed by atoms with Gasteiger partial charge in [0, 0.05) is 48.9 Å². The number of ether oxygens (including phenoxy) is 2. The van der Waals surface area contributed by atoms with Crippen LogP contribution in [0.5, 0.6) is 0 Å². The van der Waals surface area contributed by atoms with E-state index in [4.69, 9.17) is 9.47 Å². The number of nitrogens with zero attached hydrogens (tertiary/aromatic N) is 2. The van der Waals surface area contributed by atoms with Crippen molar-refractivity contribution in [2.24, 2.45) is 56.7 Å². The summed E-state index contributed by atoms with van der Waals surface area (Å²) in [6.07, 6.45) is 15.5. The highest BCUT2D eigenvalue weighted by Gasteiger charge is 2.71. The fourth-order valence-corrected chi connectivity index (χ4v) is 14.4. The highest BCUT2D eigenvalue weighted by Crippen LogP contribution is 2.77. The van der Waals surface area contributed by atoms with Crippen molar-refractivity contribution in [2.75, 3.05) is 6.61 Å². The molecule has 310 valence electrons. The number of hydrogen-bond donors (Lipinski definition) is 0. The second kappa shape index (κ2) is 16.0. The van der Waals surface area contributed by atoms with Crippen LogP contribution in [0.2, 0.25) is 0 Å². The first-order valence-corrected chi connectivity index (χ1v) is 21.3. The first-order chi connectivity index (χ1) is 25.3. The molecule has 5 aliphatic carbocycles. The van der Waals surface area contributed by atoms with Gasteiger partial charge in [-0.2, -0.15) is 9.13 Å². The van der Waals surface area contributed by atoms with Crippen molar-refractivity contribution in [3.8, 4) is 0 Å². The minimum absolute atomic E-state index is 0. The summed E-state index contributed by atoms with van der Waals surface area (Å²) in [7, 11) is 0. The zero-order valence-corrected chi connectivity index (χ0v) is 37.6. The summed E-state index contributed by atoms with van der Waals surface area (Å²) in [6.45, 7) is 29.0. The number of esters is 2. The Morgan fingerprint density at radius 2 is 1.34 bits per heavy atom. The summed E-state index contributed by atoms with van der Waals surface area (Å²) in [5.74, 6) is 2.48. The molecule has 10 atom stereocenters. The molecule has 56 heavy (non-hydrogen) atoms. The number of aryl methyl sites for hydroxylation is 4. The van der Waals surface area contributed by atoms with Crippen molar-refractivity contribution in [3.63, 3.8) is 0 Å². The molecule has 2 aromatic heterocycles. The maximum absolute atomic E-state index is 13.4. The van der Waals surface area contributed by atoms with E-state index in [1.54, 1.807) is 0 Å². The molecule has 0 N–H and O–H groups in total. The summed E-state index contributed by atoms with van der Waals surface area (Å²) in [6, 6.07) is 8.37. The van der Waals surface area contributed by atoms with Crippen LogP contribution in [0.4, 0.5) is 0 Å². The number of fused-ring (bicyclic) bond motifs is 7. The lowest BCUT2D eigenvalue weighted by Crippen LogP contribution is -3.00. The number of carbonyl (C=O) groups is 2. The Bertz CT molecular complexity index is 1830.